The van der Waals surface area contributed by atoms with E-state index in [0.29, 0.717) is 58.7 Å². The van der Waals surface area contributed by atoms with Crippen molar-refractivity contribution in [3.8, 4) is 22.4 Å². The zero-order chi connectivity index (χ0) is 38.0. The first-order valence-electron chi connectivity index (χ1n) is 17.4. The summed E-state index contributed by atoms with van der Waals surface area (Å²) in [6, 6.07) is 19.5. The van der Waals surface area contributed by atoms with Gasteiger partial charge >= 0.3 is 12.1 Å². The molecule has 278 valence electrons. The van der Waals surface area contributed by atoms with E-state index < -0.39 is 41.0 Å². The topological polar surface area (TPSA) is 78.8 Å². The number of hydrogen-bond acceptors (Lipinski definition) is 5. The Morgan fingerprint density at radius 3 is 2.08 bits per heavy atom. The normalized spacial score (nSPS) is 17.6. The van der Waals surface area contributed by atoms with Gasteiger partial charge < -0.3 is 24.1 Å². The zero-order valence-corrected chi connectivity index (χ0v) is 30.6. The molecule has 1 aromatic heterocycles. The molecule has 1 N–H and O–H groups in total. The average Bonchev–Trinajstić information content (AvgIpc) is 3.38. The molecule has 52 heavy (non-hydrogen) atoms. The fraction of sp³-hybridized carbons (Fsp3) is 0.415. The van der Waals surface area contributed by atoms with E-state index in [1.807, 2.05) is 24.5 Å². The number of carbonyl (C=O) groups excluding carboxylic acids is 2. The van der Waals surface area contributed by atoms with Crippen molar-refractivity contribution < 1.29 is 41.4 Å². The highest BCUT2D eigenvalue weighted by Gasteiger charge is 2.38. The Bertz CT molecular complexity index is 1860. The lowest BCUT2D eigenvalue weighted by Gasteiger charge is -2.41. The molecule has 0 spiro atoms. The summed E-state index contributed by atoms with van der Waals surface area (Å²) in [4.78, 5) is 27.1. The van der Waals surface area contributed by atoms with Gasteiger partial charge in [-0.15, -0.1) is 0 Å². The third kappa shape index (κ3) is 9.49. The van der Waals surface area contributed by atoms with E-state index >= 15 is 0 Å². The number of carbonyl (C=O) groups is 2. The molecule has 11 heteroatoms. The Balaban J connectivity index is 1.64. The minimum atomic E-state index is -4.56. The first-order valence-corrected chi connectivity index (χ1v) is 17.4. The number of benzene rings is 3. The molecule has 0 aliphatic carbocycles. The van der Waals surface area contributed by atoms with Crippen LogP contribution in [0.5, 0.6) is 0 Å². The van der Waals surface area contributed by atoms with Crippen molar-refractivity contribution in [3.63, 3.8) is 0 Å². The van der Waals surface area contributed by atoms with E-state index in [0.717, 1.165) is 12.1 Å². The van der Waals surface area contributed by atoms with Crippen molar-refractivity contribution >= 4 is 17.6 Å². The van der Waals surface area contributed by atoms with Crippen LogP contribution in [0.2, 0.25) is 0 Å². The smallest absolute Gasteiger partial charge is 0.416 e. The van der Waals surface area contributed by atoms with E-state index in [-0.39, 0.29) is 24.4 Å². The molecule has 0 radical (unpaired) electrons. The minimum absolute atomic E-state index is 0.0457. The van der Waals surface area contributed by atoms with Crippen LogP contribution in [0.1, 0.15) is 95.3 Å². The highest BCUT2D eigenvalue weighted by Crippen LogP contribution is 2.44. The molecule has 1 fully saturated rings. The van der Waals surface area contributed by atoms with Crippen LogP contribution >= 0.6 is 0 Å². The fourth-order valence-corrected chi connectivity index (χ4v) is 6.79. The number of hydrogen-bond donors (Lipinski definition) is 1. The van der Waals surface area contributed by atoms with Crippen LogP contribution in [0, 0.1) is 5.82 Å². The van der Waals surface area contributed by atoms with Crippen LogP contribution < -0.4 is 5.32 Å². The lowest BCUT2D eigenvalue weighted by atomic mass is 9.93. The number of amides is 1. The van der Waals surface area contributed by atoms with Gasteiger partial charge in [-0.3, -0.25) is 9.59 Å². The number of nitrogens with zero attached hydrogens (tertiary/aromatic N) is 1. The second-order valence-electron chi connectivity index (χ2n) is 14.9. The van der Waals surface area contributed by atoms with Gasteiger partial charge in [0.05, 0.1) is 35.4 Å². The van der Waals surface area contributed by atoms with Crippen LogP contribution in [0.4, 0.5) is 23.2 Å². The number of rotatable bonds is 10. The van der Waals surface area contributed by atoms with Crippen LogP contribution in [-0.2, 0) is 31.7 Å². The number of anilines is 1. The molecule has 4 aromatic rings. The number of para-hydroxylation sites is 1. The third-order valence-electron chi connectivity index (χ3n) is 8.64. The molecule has 0 saturated carbocycles. The molecular weight excluding hydrogens is 676 g/mol. The molecule has 2 heterocycles. The summed E-state index contributed by atoms with van der Waals surface area (Å²) in [5.41, 5.74) is 1.98. The quantitative estimate of drug-likeness (QED) is 0.130. The number of alkyl halides is 3. The first kappa shape index (κ1) is 38.7. The maximum Gasteiger partial charge on any atom is 0.416 e. The largest absolute Gasteiger partial charge is 0.460 e. The molecule has 1 amide bonds. The summed E-state index contributed by atoms with van der Waals surface area (Å²) in [6.45, 7) is 13.2. The molecule has 1 aliphatic rings. The van der Waals surface area contributed by atoms with Crippen molar-refractivity contribution in [1.82, 2.24) is 4.57 Å². The Morgan fingerprint density at radius 2 is 1.50 bits per heavy atom. The predicted octanol–water partition coefficient (Wildman–Crippen LogP) is 10.4. The number of nitrogens with one attached hydrogen (secondary N) is 1. The van der Waals surface area contributed by atoms with E-state index in [9.17, 15) is 27.2 Å². The van der Waals surface area contributed by atoms with Gasteiger partial charge in [0, 0.05) is 29.9 Å². The Labute approximate surface area is 302 Å². The highest BCUT2D eigenvalue weighted by molar-refractivity contribution is 6.12. The van der Waals surface area contributed by atoms with Crippen LogP contribution in [-0.4, -0.2) is 40.0 Å². The van der Waals surface area contributed by atoms with Crippen molar-refractivity contribution in [3.05, 3.63) is 102 Å². The Kier molecular flexibility index (Phi) is 11.4. The van der Waals surface area contributed by atoms with Crippen LogP contribution in [0.15, 0.2) is 78.9 Å². The highest BCUT2D eigenvalue weighted by atomic mass is 19.4. The van der Waals surface area contributed by atoms with Gasteiger partial charge in [0.15, 0.2) is 5.79 Å². The van der Waals surface area contributed by atoms with E-state index in [1.54, 1.807) is 71.0 Å². The van der Waals surface area contributed by atoms with Gasteiger partial charge in [0.1, 0.15) is 11.4 Å². The number of ether oxygens (including phenoxy) is 3. The summed E-state index contributed by atoms with van der Waals surface area (Å²) < 4.78 is 75.3. The van der Waals surface area contributed by atoms with E-state index in [4.69, 9.17) is 14.2 Å². The third-order valence-corrected chi connectivity index (χ3v) is 8.64. The van der Waals surface area contributed by atoms with Gasteiger partial charge in [-0.1, -0.05) is 44.2 Å². The molecule has 0 bridgehead atoms. The summed E-state index contributed by atoms with van der Waals surface area (Å²) in [5.74, 6) is -2.51. The average molecular weight is 723 g/mol. The Morgan fingerprint density at radius 1 is 0.904 bits per heavy atom. The predicted molar refractivity (Wildman–Crippen MR) is 192 cm³/mol. The zero-order valence-electron chi connectivity index (χ0n) is 30.6. The number of aromatic nitrogens is 1. The minimum Gasteiger partial charge on any atom is -0.460 e. The maximum absolute atomic E-state index is 14.4. The summed E-state index contributed by atoms with van der Waals surface area (Å²) in [6.07, 6.45) is -4.50. The van der Waals surface area contributed by atoms with E-state index in [2.05, 4.69) is 5.32 Å². The first-order chi connectivity index (χ1) is 24.3. The van der Waals surface area contributed by atoms with Crippen molar-refractivity contribution in [1.29, 1.82) is 0 Å². The van der Waals surface area contributed by atoms with Gasteiger partial charge in [-0.25, -0.2) is 4.39 Å². The van der Waals surface area contributed by atoms with Crippen molar-refractivity contribution in [2.75, 3.05) is 5.32 Å². The van der Waals surface area contributed by atoms with Crippen molar-refractivity contribution in [2.45, 2.75) is 110 Å². The monoisotopic (exact) mass is 722 g/mol. The van der Waals surface area contributed by atoms with Gasteiger partial charge in [0.2, 0.25) is 0 Å². The maximum atomic E-state index is 14.4. The lowest BCUT2D eigenvalue weighted by Crippen LogP contribution is -2.46. The molecule has 1 saturated heterocycles. The van der Waals surface area contributed by atoms with Crippen LogP contribution in [0.3, 0.4) is 0 Å². The fourth-order valence-electron chi connectivity index (χ4n) is 6.79. The molecule has 3 aromatic carbocycles. The SMILES string of the molecule is CC(C)c1c(C(=O)Nc2ccccc2)c(-c2ccc(C(F)(F)F)cc2)c(-c2ccc(F)cc2)n1CC[C@@H]1C[C@H](CC(=O)OC(C)(C)C)OC(C)(C)O1. The molecule has 2 atom stereocenters. The molecular formula is C41H46F4N2O5. The van der Waals surface area contributed by atoms with E-state index in [1.165, 1.54) is 24.3 Å². The number of halogens is 4. The summed E-state index contributed by atoms with van der Waals surface area (Å²) in [7, 11) is 0. The molecule has 7 nitrogen and oxygen atoms in total. The van der Waals surface area contributed by atoms with Crippen molar-refractivity contribution in [2.24, 2.45) is 0 Å². The van der Waals surface area contributed by atoms with Gasteiger partial charge in [-0.2, -0.15) is 13.2 Å². The molecule has 1 aliphatic heterocycles. The van der Waals surface area contributed by atoms with Crippen LogP contribution in [0.25, 0.3) is 22.4 Å². The Hall–Kier alpha value is -4.48. The van der Waals surface area contributed by atoms with Gasteiger partial charge in [0.25, 0.3) is 5.91 Å². The lowest BCUT2D eigenvalue weighted by molar-refractivity contribution is -0.301. The number of esters is 1. The second-order valence-corrected chi connectivity index (χ2v) is 14.9. The van der Waals surface area contributed by atoms with Gasteiger partial charge in [-0.05, 0) is 107 Å². The standard InChI is InChI=1S/C41H46F4N2O5/c1-25(2)36-35(38(49)46-30-11-9-8-10-12-30)34(26-13-17-28(18-14-26)41(43,44)45)37(27-15-19-29(42)20-16-27)47(36)22-21-31-23-32(51-40(6,7)50-31)24-33(48)52-39(3,4)5/h8-20,25,31-32H,21-24H2,1-7H3,(H,46,49)/t31-,32-/m1/s1. The molecule has 0 unspecified atom stereocenters. The second kappa shape index (κ2) is 15.2. The summed E-state index contributed by atoms with van der Waals surface area (Å²) in [5, 5.41) is 2.98. The molecule has 5 rings (SSSR count). The summed E-state index contributed by atoms with van der Waals surface area (Å²) >= 11 is 0.